The van der Waals surface area contributed by atoms with Gasteiger partial charge in [0.1, 0.15) is 6.04 Å². The number of amides is 3. The summed E-state index contributed by atoms with van der Waals surface area (Å²) in [6.07, 6.45) is 6.75. The highest BCUT2D eigenvalue weighted by Crippen LogP contribution is 2.31. The van der Waals surface area contributed by atoms with Crippen LogP contribution in [0.15, 0.2) is 24.3 Å². The monoisotopic (exact) mass is 418 g/mol. The highest BCUT2D eigenvalue weighted by atomic mass is 35.5. The number of hydrogen-bond donors (Lipinski definition) is 0. The first-order chi connectivity index (χ1) is 14.0. The molecule has 2 heterocycles. The lowest BCUT2D eigenvalue weighted by atomic mass is 9.87. The Labute approximate surface area is 176 Å². The Morgan fingerprint density at radius 2 is 1.79 bits per heavy atom. The van der Waals surface area contributed by atoms with Crippen LogP contribution in [0.5, 0.6) is 0 Å². The van der Waals surface area contributed by atoms with Crippen molar-refractivity contribution in [1.29, 1.82) is 0 Å². The van der Waals surface area contributed by atoms with Gasteiger partial charge in [0.05, 0.1) is 18.2 Å². The summed E-state index contributed by atoms with van der Waals surface area (Å²) < 4.78 is 5.75. The summed E-state index contributed by atoms with van der Waals surface area (Å²) >= 11 is 5.94. The first-order valence-electron chi connectivity index (χ1n) is 10.6. The molecule has 2 aliphatic heterocycles. The third-order valence-electron chi connectivity index (χ3n) is 6.25. The first-order valence-corrected chi connectivity index (χ1v) is 11.0. The van der Waals surface area contributed by atoms with E-state index in [1.54, 1.807) is 29.2 Å². The van der Waals surface area contributed by atoms with Crippen molar-refractivity contribution in [1.82, 2.24) is 4.90 Å². The third kappa shape index (κ3) is 4.33. The van der Waals surface area contributed by atoms with Crippen molar-refractivity contribution in [3.63, 3.8) is 0 Å². The number of benzene rings is 1. The molecule has 0 bridgehead atoms. The second kappa shape index (κ2) is 8.84. The van der Waals surface area contributed by atoms with E-state index in [0.29, 0.717) is 23.9 Å². The van der Waals surface area contributed by atoms with Gasteiger partial charge in [-0.15, -0.1) is 0 Å². The molecule has 1 aromatic rings. The molecule has 1 aromatic carbocycles. The molecule has 7 heteroatoms. The largest absolute Gasteiger partial charge is 0.376 e. The van der Waals surface area contributed by atoms with Crippen molar-refractivity contribution in [2.24, 2.45) is 5.92 Å². The summed E-state index contributed by atoms with van der Waals surface area (Å²) in [5, 5.41) is 0.539. The molecule has 0 aromatic heterocycles. The highest BCUT2D eigenvalue weighted by molar-refractivity contribution is 6.30. The molecule has 4 rings (SSSR count). The maximum absolute atomic E-state index is 13.4. The fourth-order valence-electron chi connectivity index (χ4n) is 4.68. The molecule has 0 spiro atoms. The van der Waals surface area contributed by atoms with Crippen molar-refractivity contribution in [2.45, 2.75) is 63.5 Å². The van der Waals surface area contributed by atoms with E-state index in [0.717, 1.165) is 44.9 Å². The third-order valence-corrected chi connectivity index (χ3v) is 6.50. The standard InChI is InChI=1S/C22H27ClN2O4/c23-16-8-10-17(11-9-16)25-20(26)13-19(22(25)28)24(14-18-7-4-12-29-18)21(27)15-5-2-1-3-6-15/h8-11,15,18-19H,1-7,12-14H2. The van der Waals surface area contributed by atoms with E-state index in [2.05, 4.69) is 0 Å². The Morgan fingerprint density at radius 3 is 2.45 bits per heavy atom. The second-order valence-corrected chi connectivity index (χ2v) is 8.66. The molecular weight excluding hydrogens is 392 g/mol. The Balaban J connectivity index is 1.57. The molecule has 3 amide bonds. The number of halogens is 1. The molecular formula is C22H27ClN2O4. The van der Waals surface area contributed by atoms with Crippen molar-refractivity contribution < 1.29 is 19.1 Å². The van der Waals surface area contributed by atoms with Gasteiger partial charge >= 0.3 is 0 Å². The van der Waals surface area contributed by atoms with Gasteiger partial charge in [-0.1, -0.05) is 30.9 Å². The minimum absolute atomic E-state index is 0.00399. The lowest BCUT2D eigenvalue weighted by Gasteiger charge is -2.34. The van der Waals surface area contributed by atoms with Crippen LogP contribution in [0.1, 0.15) is 51.4 Å². The molecule has 2 atom stereocenters. The lowest BCUT2D eigenvalue weighted by Crippen LogP contribution is -2.50. The maximum Gasteiger partial charge on any atom is 0.257 e. The van der Waals surface area contributed by atoms with Crippen molar-refractivity contribution in [2.75, 3.05) is 18.1 Å². The molecule has 3 fully saturated rings. The molecule has 3 aliphatic rings. The predicted octanol–water partition coefficient (Wildman–Crippen LogP) is 3.56. The van der Waals surface area contributed by atoms with E-state index in [4.69, 9.17) is 16.3 Å². The van der Waals surface area contributed by atoms with Gasteiger partial charge in [0.15, 0.2) is 0 Å². The molecule has 2 saturated heterocycles. The molecule has 156 valence electrons. The van der Waals surface area contributed by atoms with E-state index in [1.807, 2.05) is 0 Å². The zero-order chi connectivity index (χ0) is 20.4. The van der Waals surface area contributed by atoms with Crippen LogP contribution in [0.4, 0.5) is 5.69 Å². The number of carbonyl (C=O) groups is 3. The molecule has 0 radical (unpaired) electrons. The number of hydrogen-bond acceptors (Lipinski definition) is 4. The van der Waals surface area contributed by atoms with Crippen LogP contribution < -0.4 is 4.90 Å². The smallest absolute Gasteiger partial charge is 0.257 e. The average molecular weight is 419 g/mol. The van der Waals surface area contributed by atoms with E-state index < -0.39 is 6.04 Å². The van der Waals surface area contributed by atoms with Crippen molar-refractivity contribution in [3.05, 3.63) is 29.3 Å². The second-order valence-electron chi connectivity index (χ2n) is 8.22. The number of imide groups is 1. The number of anilines is 1. The summed E-state index contributed by atoms with van der Waals surface area (Å²) in [6, 6.07) is 5.88. The number of rotatable bonds is 5. The van der Waals surface area contributed by atoms with Crippen LogP contribution in [0.2, 0.25) is 5.02 Å². The minimum atomic E-state index is -0.753. The van der Waals surface area contributed by atoms with Gasteiger partial charge in [-0.05, 0) is 49.9 Å². The van der Waals surface area contributed by atoms with Gasteiger partial charge in [-0.2, -0.15) is 0 Å². The zero-order valence-corrected chi connectivity index (χ0v) is 17.3. The van der Waals surface area contributed by atoms with Crippen molar-refractivity contribution >= 4 is 35.0 Å². The minimum Gasteiger partial charge on any atom is -0.376 e. The van der Waals surface area contributed by atoms with Gasteiger partial charge in [-0.3, -0.25) is 14.4 Å². The highest BCUT2D eigenvalue weighted by Gasteiger charge is 2.46. The summed E-state index contributed by atoms with van der Waals surface area (Å²) in [5.74, 6) is -0.669. The lowest BCUT2D eigenvalue weighted by molar-refractivity contribution is -0.144. The van der Waals surface area contributed by atoms with Crippen LogP contribution >= 0.6 is 11.6 Å². The van der Waals surface area contributed by atoms with Gasteiger partial charge < -0.3 is 9.64 Å². The first kappa shape index (κ1) is 20.4. The van der Waals surface area contributed by atoms with Crippen LogP contribution in [-0.4, -0.2) is 47.9 Å². The van der Waals surface area contributed by atoms with Gasteiger partial charge in [0.25, 0.3) is 5.91 Å². The van der Waals surface area contributed by atoms with E-state index in [1.165, 1.54) is 4.90 Å². The van der Waals surface area contributed by atoms with E-state index >= 15 is 0 Å². The molecule has 1 saturated carbocycles. The number of nitrogens with zero attached hydrogens (tertiary/aromatic N) is 2. The summed E-state index contributed by atoms with van der Waals surface area (Å²) in [7, 11) is 0. The summed E-state index contributed by atoms with van der Waals surface area (Å²) in [5.41, 5.74) is 0.495. The maximum atomic E-state index is 13.4. The molecule has 29 heavy (non-hydrogen) atoms. The van der Waals surface area contributed by atoms with Crippen LogP contribution in [0.3, 0.4) is 0 Å². The summed E-state index contributed by atoms with van der Waals surface area (Å²) in [6.45, 7) is 1.07. The molecule has 2 unspecified atom stereocenters. The molecule has 0 N–H and O–H groups in total. The number of carbonyl (C=O) groups excluding carboxylic acids is 3. The SMILES string of the molecule is O=C1CC(N(CC2CCCO2)C(=O)C2CCCCC2)C(=O)N1c1ccc(Cl)cc1. The Hall–Kier alpha value is -1.92. The zero-order valence-electron chi connectivity index (χ0n) is 16.5. The van der Waals surface area contributed by atoms with Crippen molar-refractivity contribution in [3.8, 4) is 0 Å². The molecule has 1 aliphatic carbocycles. The topological polar surface area (TPSA) is 66.9 Å². The fourth-order valence-corrected chi connectivity index (χ4v) is 4.81. The fraction of sp³-hybridized carbons (Fsp3) is 0.591. The van der Waals surface area contributed by atoms with E-state index in [9.17, 15) is 14.4 Å². The average Bonchev–Trinajstić information content (AvgIpc) is 3.35. The Bertz CT molecular complexity index is 770. The molecule has 6 nitrogen and oxygen atoms in total. The quantitative estimate of drug-likeness (QED) is 0.686. The van der Waals surface area contributed by atoms with Gasteiger partial charge in [0, 0.05) is 24.1 Å². The van der Waals surface area contributed by atoms with Crippen LogP contribution in [0, 0.1) is 5.92 Å². The van der Waals surface area contributed by atoms with E-state index in [-0.39, 0.29) is 36.2 Å². The van der Waals surface area contributed by atoms with Gasteiger partial charge in [-0.25, -0.2) is 4.90 Å². The Morgan fingerprint density at radius 1 is 1.07 bits per heavy atom. The Kier molecular flexibility index (Phi) is 6.20. The normalized spacial score (nSPS) is 25.6. The van der Waals surface area contributed by atoms with Crippen LogP contribution in [-0.2, 0) is 19.1 Å². The van der Waals surface area contributed by atoms with Gasteiger partial charge in [0.2, 0.25) is 11.8 Å². The summed E-state index contributed by atoms with van der Waals surface area (Å²) in [4.78, 5) is 42.2. The van der Waals surface area contributed by atoms with Crippen LogP contribution in [0.25, 0.3) is 0 Å². The number of ether oxygens (including phenoxy) is 1. The predicted molar refractivity (Wildman–Crippen MR) is 110 cm³/mol.